The van der Waals surface area contributed by atoms with E-state index in [1.807, 2.05) is 27.2 Å². The summed E-state index contributed by atoms with van der Waals surface area (Å²) in [4.78, 5) is 25.3. The second-order valence-corrected chi connectivity index (χ2v) is 20.8. The van der Waals surface area contributed by atoms with Crippen molar-refractivity contribution in [3.8, 4) is 0 Å². The van der Waals surface area contributed by atoms with Crippen LogP contribution in [0.5, 0.6) is 0 Å². The lowest BCUT2D eigenvalue weighted by atomic mass is 10.0. The molecule has 0 aromatic rings. The number of phosphoric ester groups is 1. The number of hydrogen-bond acceptors (Lipinski definition) is 6. The maximum Gasteiger partial charge on any atom is 0.268 e. The van der Waals surface area contributed by atoms with E-state index in [-0.39, 0.29) is 19.1 Å². The SMILES string of the molecule is CCCCCCCCCCCCCCCCCCCCCCCCCCCC(=O)N[C@@H](COP(=O)([O-])OCC[N+](C)(C)C)[C@H](O)/C=C/CCCCCCCCCC(C)C. The third kappa shape index (κ3) is 45.1. The minimum atomic E-state index is -4.58. The zero-order valence-electron chi connectivity index (χ0n) is 40.1. The summed E-state index contributed by atoms with van der Waals surface area (Å²) in [6.07, 6.45) is 47.1. The summed E-state index contributed by atoms with van der Waals surface area (Å²) in [5.74, 6) is 0.593. The number of quaternary nitrogens is 1. The predicted molar refractivity (Wildman–Crippen MR) is 252 cm³/mol. The molecule has 1 unspecified atom stereocenters. The van der Waals surface area contributed by atoms with Gasteiger partial charge in [0.05, 0.1) is 39.9 Å². The topological polar surface area (TPSA) is 108 Å². The predicted octanol–water partition coefficient (Wildman–Crippen LogP) is 13.9. The molecule has 352 valence electrons. The Balaban J connectivity index is 4.14. The van der Waals surface area contributed by atoms with Crippen LogP contribution in [0.4, 0.5) is 0 Å². The van der Waals surface area contributed by atoms with E-state index in [9.17, 15) is 19.4 Å². The molecule has 3 atom stereocenters. The van der Waals surface area contributed by atoms with Crippen LogP contribution in [0.15, 0.2) is 12.2 Å². The van der Waals surface area contributed by atoms with Gasteiger partial charge in [-0.1, -0.05) is 232 Å². The summed E-state index contributed by atoms with van der Waals surface area (Å²) in [5, 5.41) is 13.8. The number of aliphatic hydroxyl groups is 1. The van der Waals surface area contributed by atoms with Gasteiger partial charge in [0.25, 0.3) is 7.82 Å². The van der Waals surface area contributed by atoms with Crippen LogP contribution in [0, 0.1) is 5.92 Å². The van der Waals surface area contributed by atoms with Gasteiger partial charge < -0.3 is 28.8 Å². The van der Waals surface area contributed by atoms with Gasteiger partial charge in [-0.15, -0.1) is 0 Å². The van der Waals surface area contributed by atoms with Gasteiger partial charge in [0, 0.05) is 6.42 Å². The quantitative estimate of drug-likeness (QED) is 0.0273. The zero-order valence-corrected chi connectivity index (χ0v) is 41.0. The van der Waals surface area contributed by atoms with Crippen LogP contribution >= 0.6 is 7.82 Å². The lowest BCUT2D eigenvalue weighted by Gasteiger charge is -2.29. The van der Waals surface area contributed by atoms with E-state index < -0.39 is 20.0 Å². The second-order valence-electron chi connectivity index (χ2n) is 19.4. The molecule has 8 nitrogen and oxygen atoms in total. The number of hydrogen-bond donors (Lipinski definition) is 2. The molecule has 0 heterocycles. The van der Waals surface area contributed by atoms with E-state index in [0.29, 0.717) is 17.4 Å². The maximum atomic E-state index is 12.9. The number of likely N-dealkylation sites (N-methyl/N-ethyl adjacent to an activating group) is 1. The molecule has 0 saturated carbocycles. The van der Waals surface area contributed by atoms with E-state index in [1.54, 1.807) is 6.08 Å². The number of allylic oxidation sites excluding steroid dienone is 1. The van der Waals surface area contributed by atoms with E-state index in [0.717, 1.165) is 44.4 Å². The first-order chi connectivity index (χ1) is 28.4. The first-order valence-corrected chi connectivity index (χ1v) is 26.9. The van der Waals surface area contributed by atoms with E-state index in [1.165, 1.54) is 180 Å². The number of rotatable bonds is 46. The van der Waals surface area contributed by atoms with Crippen LogP contribution in [0.1, 0.15) is 245 Å². The molecule has 2 N–H and O–H groups in total. The first-order valence-electron chi connectivity index (χ1n) is 25.4. The third-order valence-corrected chi connectivity index (χ3v) is 12.6. The van der Waals surface area contributed by atoms with Gasteiger partial charge in [-0.25, -0.2) is 0 Å². The van der Waals surface area contributed by atoms with Gasteiger partial charge in [-0.2, -0.15) is 0 Å². The molecule has 0 aliphatic rings. The van der Waals surface area contributed by atoms with Crippen LogP contribution in [-0.2, 0) is 18.4 Å². The molecule has 0 saturated heterocycles. The third-order valence-electron chi connectivity index (χ3n) is 11.7. The molecule has 0 rings (SSSR count). The fraction of sp³-hybridized carbons (Fsp3) is 0.940. The van der Waals surface area contributed by atoms with Crippen LogP contribution in [0.25, 0.3) is 0 Å². The van der Waals surface area contributed by atoms with Crippen molar-refractivity contribution in [2.24, 2.45) is 5.92 Å². The number of unbranched alkanes of at least 4 members (excludes halogenated alkanes) is 31. The van der Waals surface area contributed by atoms with Crippen molar-refractivity contribution in [2.75, 3.05) is 40.9 Å². The van der Waals surface area contributed by atoms with Crippen LogP contribution in [0.2, 0.25) is 0 Å². The van der Waals surface area contributed by atoms with Gasteiger partial charge in [0.1, 0.15) is 13.2 Å². The molecule has 0 aromatic carbocycles. The largest absolute Gasteiger partial charge is 0.756 e. The average Bonchev–Trinajstić information content (AvgIpc) is 3.17. The number of carbonyl (C=O) groups is 1. The van der Waals surface area contributed by atoms with Crippen molar-refractivity contribution in [2.45, 2.75) is 258 Å². The Labute approximate surface area is 367 Å². The molecule has 59 heavy (non-hydrogen) atoms. The van der Waals surface area contributed by atoms with Gasteiger partial charge >= 0.3 is 0 Å². The number of phosphoric acid groups is 1. The van der Waals surface area contributed by atoms with Crippen molar-refractivity contribution in [3.05, 3.63) is 12.2 Å². The number of amides is 1. The van der Waals surface area contributed by atoms with Crippen molar-refractivity contribution < 1.29 is 32.9 Å². The Morgan fingerprint density at radius 3 is 1.42 bits per heavy atom. The molecule has 0 aromatic heterocycles. The Morgan fingerprint density at radius 1 is 0.627 bits per heavy atom. The molecule has 0 bridgehead atoms. The van der Waals surface area contributed by atoms with Crippen molar-refractivity contribution in [1.82, 2.24) is 5.32 Å². The van der Waals surface area contributed by atoms with E-state index >= 15 is 0 Å². The molecule has 1 amide bonds. The fourth-order valence-electron chi connectivity index (χ4n) is 7.63. The van der Waals surface area contributed by atoms with Gasteiger partial charge in [0.15, 0.2) is 0 Å². The highest BCUT2D eigenvalue weighted by atomic mass is 31.2. The molecule has 0 fully saturated rings. The highest BCUT2D eigenvalue weighted by Gasteiger charge is 2.23. The minimum absolute atomic E-state index is 0.00128. The van der Waals surface area contributed by atoms with E-state index in [2.05, 4.69) is 26.1 Å². The van der Waals surface area contributed by atoms with Gasteiger partial charge in [-0.05, 0) is 25.2 Å². The highest BCUT2D eigenvalue weighted by molar-refractivity contribution is 7.45. The van der Waals surface area contributed by atoms with Crippen molar-refractivity contribution >= 4 is 13.7 Å². The number of nitrogens with zero attached hydrogens (tertiary/aromatic N) is 1. The summed E-state index contributed by atoms with van der Waals surface area (Å²) >= 11 is 0. The summed E-state index contributed by atoms with van der Waals surface area (Å²) < 4.78 is 23.2. The molecule has 0 aliphatic heterocycles. The summed E-state index contributed by atoms with van der Waals surface area (Å²) in [7, 11) is 1.27. The minimum Gasteiger partial charge on any atom is -0.756 e. The Kier molecular flexibility index (Phi) is 40.7. The van der Waals surface area contributed by atoms with Crippen LogP contribution in [0.3, 0.4) is 0 Å². The smallest absolute Gasteiger partial charge is 0.268 e. The summed E-state index contributed by atoms with van der Waals surface area (Å²) in [6, 6.07) is -0.881. The number of aliphatic hydroxyl groups excluding tert-OH is 1. The van der Waals surface area contributed by atoms with E-state index in [4.69, 9.17) is 9.05 Å². The molecular weight excluding hydrogens is 756 g/mol. The molecule has 0 spiro atoms. The Bertz CT molecular complexity index is 987. The second kappa shape index (κ2) is 41.3. The maximum absolute atomic E-state index is 12.9. The van der Waals surface area contributed by atoms with Gasteiger partial charge in [0.2, 0.25) is 5.91 Å². The summed E-state index contributed by atoms with van der Waals surface area (Å²) in [5.41, 5.74) is 0. The Hall–Kier alpha value is -0.760. The van der Waals surface area contributed by atoms with Crippen LogP contribution in [-0.4, -0.2) is 68.5 Å². The van der Waals surface area contributed by atoms with Crippen LogP contribution < -0.4 is 10.2 Å². The van der Waals surface area contributed by atoms with Crippen molar-refractivity contribution in [1.29, 1.82) is 0 Å². The monoisotopic (exact) mass is 857 g/mol. The molecule has 0 aliphatic carbocycles. The number of nitrogens with one attached hydrogen (secondary N) is 1. The molecule has 9 heteroatoms. The first kappa shape index (κ1) is 58.2. The molecule has 0 radical (unpaired) electrons. The van der Waals surface area contributed by atoms with Gasteiger partial charge in [-0.3, -0.25) is 9.36 Å². The standard InChI is InChI=1S/C50H101N2O6P/c1-7-8-9-10-11-12-13-14-15-16-17-18-19-20-21-22-23-24-25-26-27-31-34-37-40-43-50(54)51-48(46-58-59(55,56)57-45-44-52(4,5)6)49(53)42-39-36-33-30-28-29-32-35-38-41-47(2)3/h39,42,47-49,53H,7-38,40-41,43-46H2,1-6H3,(H-,51,54,55,56)/b42-39+/t48-,49+/m0/s1. The normalized spacial score (nSPS) is 14.3. The van der Waals surface area contributed by atoms with Crippen molar-refractivity contribution in [3.63, 3.8) is 0 Å². The summed E-state index contributed by atoms with van der Waals surface area (Å²) in [6.45, 7) is 6.98. The zero-order chi connectivity index (χ0) is 43.7. The lowest BCUT2D eigenvalue weighted by molar-refractivity contribution is -0.870. The Morgan fingerprint density at radius 2 is 1.02 bits per heavy atom. The number of carbonyl (C=O) groups excluding carboxylic acids is 1. The fourth-order valence-corrected chi connectivity index (χ4v) is 8.36. The lowest BCUT2D eigenvalue weighted by Crippen LogP contribution is -2.45. The average molecular weight is 857 g/mol. The highest BCUT2D eigenvalue weighted by Crippen LogP contribution is 2.38. The molecular formula is C50H101N2O6P.